The normalized spacial score (nSPS) is 22.4. The summed E-state index contributed by atoms with van der Waals surface area (Å²) in [4.78, 5) is 0. The molecule has 1 nitrogen and oxygen atoms in total. The molecule has 0 bridgehead atoms. The van der Waals surface area contributed by atoms with Crippen molar-refractivity contribution in [3.8, 4) is 0 Å². The van der Waals surface area contributed by atoms with Crippen LogP contribution in [0.5, 0.6) is 0 Å². The zero-order valence-corrected chi connectivity index (χ0v) is 14.3. The van der Waals surface area contributed by atoms with Crippen LogP contribution < -0.4 is 4.57 Å². The molecule has 0 aromatic heterocycles. The summed E-state index contributed by atoms with van der Waals surface area (Å²) in [6, 6.07) is 0. The predicted octanol–water partition coefficient (Wildman–Crippen LogP) is 4.17. The summed E-state index contributed by atoms with van der Waals surface area (Å²) in [6.45, 7) is 21.1. The largest absolute Gasteiger partial charge is 0.315 e. The van der Waals surface area contributed by atoms with E-state index in [9.17, 15) is 0 Å². The molecule has 0 amide bonds. The molecule has 1 aliphatic carbocycles. The second-order valence-electron chi connectivity index (χ2n) is 6.67. The lowest BCUT2D eigenvalue weighted by molar-refractivity contribution is 0.380. The number of hydrogen-bond donors (Lipinski definition) is 0. The third-order valence-corrected chi connectivity index (χ3v) is 6.18. The molecule has 0 aliphatic heterocycles. The molecule has 1 rings (SSSR count). The Balaban J connectivity index is 3.25. The van der Waals surface area contributed by atoms with Crippen LogP contribution in [0.3, 0.4) is 0 Å². The van der Waals surface area contributed by atoms with Crippen molar-refractivity contribution in [1.29, 1.82) is 0 Å². The Morgan fingerprint density at radius 1 is 1.00 bits per heavy atom. The van der Waals surface area contributed by atoms with Crippen molar-refractivity contribution in [3.63, 3.8) is 0 Å². The average Bonchev–Trinajstić information content (AvgIpc) is 2.33. The van der Waals surface area contributed by atoms with E-state index in [0.717, 1.165) is 0 Å². The van der Waals surface area contributed by atoms with Crippen LogP contribution in [0.25, 0.3) is 0 Å². The summed E-state index contributed by atoms with van der Waals surface area (Å²) >= 11 is 0. The Labute approximate surface area is 109 Å². The number of allylic oxidation sites excluding steroid dienone is 3. The molecule has 1 aliphatic rings. The predicted molar refractivity (Wildman–Crippen MR) is 81.0 cm³/mol. The molecule has 1 unspecified atom stereocenters. The highest BCUT2D eigenvalue weighted by molar-refractivity contribution is 6.55. The SMILES string of the molecule is CC1=C(C)C(C)C([N+]([SiH](C)C)C(C)(C)C)=C1C. The van der Waals surface area contributed by atoms with Crippen molar-refractivity contribution in [2.45, 2.75) is 67.1 Å². The van der Waals surface area contributed by atoms with Crippen LogP contribution in [0.1, 0.15) is 48.5 Å². The van der Waals surface area contributed by atoms with E-state index in [0.29, 0.717) is 5.92 Å². The van der Waals surface area contributed by atoms with Gasteiger partial charge in [0, 0.05) is 5.57 Å². The molecule has 0 N–H and O–H groups in total. The summed E-state index contributed by atoms with van der Waals surface area (Å²) in [5.41, 5.74) is 6.42. The minimum atomic E-state index is -0.846. The van der Waals surface area contributed by atoms with E-state index < -0.39 is 8.96 Å². The van der Waals surface area contributed by atoms with Gasteiger partial charge in [0.15, 0.2) is 0 Å². The van der Waals surface area contributed by atoms with E-state index in [1.165, 1.54) is 11.1 Å². The van der Waals surface area contributed by atoms with Gasteiger partial charge in [0.2, 0.25) is 0 Å². The standard InChI is InChI=1S/C15H29NSi/c1-10-11(2)13(4)14(12(10)3)16(17(8)9)15(5,6)7/h12,17H,1-9H3/q+1. The monoisotopic (exact) mass is 251 g/mol. The summed E-state index contributed by atoms with van der Waals surface area (Å²) in [6.07, 6.45) is 0. The van der Waals surface area contributed by atoms with Crippen molar-refractivity contribution in [2.75, 3.05) is 0 Å². The van der Waals surface area contributed by atoms with Gasteiger partial charge in [0.05, 0.1) is 5.92 Å². The molecule has 0 aromatic rings. The molecule has 0 aromatic carbocycles. The van der Waals surface area contributed by atoms with Crippen LogP contribution in [0.4, 0.5) is 0 Å². The summed E-state index contributed by atoms with van der Waals surface area (Å²) in [7, 11) is -0.846. The average molecular weight is 251 g/mol. The van der Waals surface area contributed by atoms with Gasteiger partial charge >= 0.3 is 8.96 Å². The van der Waals surface area contributed by atoms with Crippen LogP contribution >= 0.6 is 0 Å². The van der Waals surface area contributed by atoms with Crippen LogP contribution in [0.15, 0.2) is 22.4 Å². The summed E-state index contributed by atoms with van der Waals surface area (Å²) in [5.74, 6) is 0.601. The Morgan fingerprint density at radius 2 is 1.47 bits per heavy atom. The van der Waals surface area contributed by atoms with Gasteiger partial charge in [0.25, 0.3) is 0 Å². The second kappa shape index (κ2) is 4.73. The van der Waals surface area contributed by atoms with Crippen molar-refractivity contribution in [1.82, 2.24) is 4.57 Å². The molecule has 0 fully saturated rings. The first-order chi connectivity index (χ1) is 7.59. The first kappa shape index (κ1) is 14.7. The zero-order chi connectivity index (χ0) is 13.5. The van der Waals surface area contributed by atoms with E-state index in [4.69, 9.17) is 0 Å². The Hall–Kier alpha value is -0.343. The van der Waals surface area contributed by atoms with Crippen molar-refractivity contribution >= 4 is 8.96 Å². The van der Waals surface area contributed by atoms with Crippen molar-refractivity contribution < 1.29 is 0 Å². The highest BCUT2D eigenvalue weighted by atomic mass is 28.3. The van der Waals surface area contributed by atoms with Crippen LogP contribution in [0, 0.1) is 5.92 Å². The third-order valence-electron chi connectivity index (χ3n) is 4.10. The van der Waals surface area contributed by atoms with Gasteiger partial charge in [-0.3, -0.25) is 0 Å². The highest BCUT2D eigenvalue weighted by Gasteiger charge is 2.44. The van der Waals surface area contributed by atoms with Gasteiger partial charge in [0.1, 0.15) is 11.2 Å². The molecule has 0 heterocycles. The van der Waals surface area contributed by atoms with Crippen LogP contribution in [-0.4, -0.2) is 14.5 Å². The molecule has 2 heteroatoms. The number of nitrogens with zero attached hydrogens (tertiary/aromatic N) is 1. The fourth-order valence-electron chi connectivity index (χ4n) is 3.15. The summed E-state index contributed by atoms with van der Waals surface area (Å²) < 4.78 is 2.73. The Kier molecular flexibility index (Phi) is 4.10. The van der Waals surface area contributed by atoms with Gasteiger partial charge < -0.3 is 0 Å². The minimum absolute atomic E-state index is 0.246. The molecule has 17 heavy (non-hydrogen) atoms. The fraction of sp³-hybridized carbons (Fsp3) is 0.733. The molecule has 1 atom stereocenters. The maximum atomic E-state index is 2.73. The zero-order valence-electron chi connectivity index (χ0n) is 13.1. The maximum Gasteiger partial charge on any atom is 0.315 e. The lowest BCUT2D eigenvalue weighted by Gasteiger charge is -2.32. The minimum Gasteiger partial charge on any atom is -0.205 e. The molecule has 97 valence electrons. The third kappa shape index (κ3) is 2.58. The van der Waals surface area contributed by atoms with Gasteiger partial charge in [-0.2, -0.15) is 0 Å². The van der Waals surface area contributed by atoms with Gasteiger partial charge in [-0.1, -0.05) is 5.57 Å². The number of rotatable bonds is 2. The maximum absolute atomic E-state index is 2.73. The number of hydrogen-bond acceptors (Lipinski definition) is 1. The van der Waals surface area contributed by atoms with Crippen LogP contribution in [0.2, 0.25) is 13.1 Å². The van der Waals surface area contributed by atoms with Crippen molar-refractivity contribution in [2.24, 2.45) is 5.92 Å². The first-order valence-corrected chi connectivity index (χ1v) is 9.59. The molecule has 0 saturated carbocycles. The van der Waals surface area contributed by atoms with E-state index >= 15 is 0 Å². The lowest BCUT2D eigenvalue weighted by Crippen LogP contribution is -2.53. The molecule has 0 saturated heterocycles. The van der Waals surface area contributed by atoms with Gasteiger partial charge in [-0.15, -0.1) is 0 Å². The smallest absolute Gasteiger partial charge is 0.205 e. The molecule has 1 radical (unpaired) electrons. The van der Waals surface area contributed by atoms with E-state index in [-0.39, 0.29) is 5.54 Å². The van der Waals surface area contributed by atoms with Gasteiger partial charge in [-0.25, -0.2) is 4.57 Å². The van der Waals surface area contributed by atoms with E-state index in [2.05, 4.69) is 66.1 Å². The fourth-order valence-corrected chi connectivity index (χ4v) is 5.67. The Bertz CT molecular complexity index is 369. The summed E-state index contributed by atoms with van der Waals surface area (Å²) in [5, 5.41) is 0. The lowest BCUT2D eigenvalue weighted by atomic mass is 10.00. The van der Waals surface area contributed by atoms with E-state index in [1.54, 1.807) is 11.3 Å². The van der Waals surface area contributed by atoms with E-state index in [1.807, 2.05) is 0 Å². The highest BCUT2D eigenvalue weighted by Crippen LogP contribution is 2.39. The first-order valence-electron chi connectivity index (χ1n) is 6.76. The topological polar surface area (TPSA) is 5.90 Å². The molecule has 0 spiro atoms. The quantitative estimate of drug-likeness (QED) is 0.650. The van der Waals surface area contributed by atoms with Gasteiger partial charge in [-0.05, 0) is 67.1 Å². The Morgan fingerprint density at radius 3 is 1.71 bits per heavy atom. The van der Waals surface area contributed by atoms with Crippen LogP contribution in [-0.2, 0) is 0 Å². The molecular formula is C15H29NSi+. The van der Waals surface area contributed by atoms with Crippen molar-refractivity contribution in [3.05, 3.63) is 22.4 Å². The second-order valence-corrected chi connectivity index (χ2v) is 9.38. The molecular weight excluding hydrogens is 222 g/mol.